The largest absolute Gasteiger partial charge is 0.362 e. The smallest absolute Gasteiger partial charge is 0.0671 e. The van der Waals surface area contributed by atoms with Crippen LogP contribution in [-0.4, -0.2) is 25.2 Å². The number of rotatable bonds is 0. The summed E-state index contributed by atoms with van der Waals surface area (Å²) in [6.45, 7) is 6.49. The molecule has 1 aromatic rings. The fraction of sp³-hybridized carbons (Fsp3) is 0.538. The molecule has 3 rings (SSSR count). The number of nitrogens with zero attached hydrogens (tertiary/aromatic N) is 1. The third-order valence-electron chi connectivity index (χ3n) is 3.79. The monoisotopic (exact) mass is 236 g/mol. The maximum Gasteiger partial charge on any atom is 0.0671 e. The first kappa shape index (κ1) is 10.4. The van der Waals surface area contributed by atoms with Gasteiger partial charge in [-0.05, 0) is 31.4 Å². The SMILES string of the molecule is Cc1ccc2c(c1Cl)N1C(C)CNC[C@H]1C2. The Labute approximate surface area is 102 Å². The standard InChI is InChI=1S/C13H17ClN2/c1-8-3-4-10-5-11-7-15-6-9(2)16(11)13(10)12(8)14/h3-4,9,11,15H,5-7H2,1-2H3/t9?,11-/m1/s1. The normalized spacial score (nSPS) is 27.8. The van der Waals surface area contributed by atoms with Crippen molar-refractivity contribution in [3.8, 4) is 0 Å². The molecule has 0 saturated carbocycles. The average molecular weight is 237 g/mol. The minimum Gasteiger partial charge on any atom is -0.362 e. The number of halogens is 1. The van der Waals surface area contributed by atoms with E-state index in [9.17, 15) is 0 Å². The second-order valence-corrected chi connectivity index (χ2v) is 5.35. The predicted molar refractivity (Wildman–Crippen MR) is 68.5 cm³/mol. The van der Waals surface area contributed by atoms with Crippen molar-refractivity contribution in [1.29, 1.82) is 0 Å². The van der Waals surface area contributed by atoms with Gasteiger partial charge in [-0.3, -0.25) is 0 Å². The second-order valence-electron chi connectivity index (χ2n) is 4.98. The first-order valence-corrected chi connectivity index (χ1v) is 6.33. The van der Waals surface area contributed by atoms with Gasteiger partial charge in [-0.15, -0.1) is 0 Å². The van der Waals surface area contributed by atoms with E-state index in [1.807, 2.05) is 0 Å². The molecule has 2 heterocycles. The van der Waals surface area contributed by atoms with Crippen molar-refractivity contribution in [1.82, 2.24) is 5.32 Å². The minimum absolute atomic E-state index is 0.541. The summed E-state index contributed by atoms with van der Waals surface area (Å²) in [6.07, 6.45) is 1.13. The molecular weight excluding hydrogens is 220 g/mol. The van der Waals surface area contributed by atoms with Gasteiger partial charge in [-0.1, -0.05) is 23.7 Å². The molecule has 3 heteroatoms. The highest BCUT2D eigenvalue weighted by Crippen LogP contribution is 2.41. The Bertz CT molecular complexity index is 430. The van der Waals surface area contributed by atoms with E-state index in [1.54, 1.807) is 0 Å². The third kappa shape index (κ3) is 1.36. The number of piperazine rings is 1. The van der Waals surface area contributed by atoms with Crippen molar-refractivity contribution in [3.05, 3.63) is 28.3 Å². The molecule has 16 heavy (non-hydrogen) atoms. The van der Waals surface area contributed by atoms with Gasteiger partial charge in [0.1, 0.15) is 0 Å². The number of benzene rings is 1. The molecule has 1 saturated heterocycles. The lowest BCUT2D eigenvalue weighted by atomic mass is 10.1. The lowest BCUT2D eigenvalue weighted by Gasteiger charge is -2.39. The summed E-state index contributed by atoms with van der Waals surface area (Å²) in [5.74, 6) is 0. The Morgan fingerprint density at radius 2 is 2.19 bits per heavy atom. The van der Waals surface area contributed by atoms with Crippen LogP contribution in [0.1, 0.15) is 18.1 Å². The Morgan fingerprint density at radius 3 is 3.00 bits per heavy atom. The number of anilines is 1. The van der Waals surface area contributed by atoms with Crippen molar-refractivity contribution in [3.63, 3.8) is 0 Å². The molecule has 1 N–H and O–H groups in total. The molecule has 1 unspecified atom stereocenters. The van der Waals surface area contributed by atoms with Gasteiger partial charge in [0.15, 0.2) is 0 Å². The molecule has 0 spiro atoms. The Kier molecular flexibility index (Phi) is 2.37. The molecule has 0 radical (unpaired) electrons. The fourth-order valence-corrected chi connectivity index (χ4v) is 3.27. The van der Waals surface area contributed by atoms with Gasteiger partial charge in [-0.2, -0.15) is 0 Å². The predicted octanol–water partition coefficient (Wildman–Crippen LogP) is 2.37. The van der Waals surface area contributed by atoms with Crippen LogP contribution < -0.4 is 10.2 Å². The summed E-state index contributed by atoms with van der Waals surface area (Å²) in [7, 11) is 0. The van der Waals surface area contributed by atoms with Gasteiger partial charge < -0.3 is 10.2 Å². The third-order valence-corrected chi connectivity index (χ3v) is 4.27. The Morgan fingerprint density at radius 1 is 1.38 bits per heavy atom. The van der Waals surface area contributed by atoms with E-state index in [2.05, 4.69) is 36.2 Å². The van der Waals surface area contributed by atoms with Crippen LogP contribution in [0.15, 0.2) is 12.1 Å². The highest BCUT2D eigenvalue weighted by Gasteiger charge is 2.36. The molecule has 2 nitrogen and oxygen atoms in total. The lowest BCUT2D eigenvalue weighted by Crippen LogP contribution is -2.54. The van der Waals surface area contributed by atoms with Crippen LogP contribution in [0.4, 0.5) is 5.69 Å². The van der Waals surface area contributed by atoms with Crippen LogP contribution in [0, 0.1) is 6.92 Å². The molecule has 0 aliphatic carbocycles. The number of hydrogen-bond donors (Lipinski definition) is 1. The number of fused-ring (bicyclic) bond motifs is 3. The van der Waals surface area contributed by atoms with Crippen LogP contribution in [0.25, 0.3) is 0 Å². The van der Waals surface area contributed by atoms with E-state index in [0.29, 0.717) is 12.1 Å². The highest BCUT2D eigenvalue weighted by atomic mass is 35.5. The van der Waals surface area contributed by atoms with E-state index in [0.717, 1.165) is 24.5 Å². The minimum atomic E-state index is 0.541. The van der Waals surface area contributed by atoms with Crippen LogP contribution in [0.2, 0.25) is 5.02 Å². The van der Waals surface area contributed by atoms with Crippen LogP contribution in [0.5, 0.6) is 0 Å². The number of aryl methyl sites for hydroxylation is 1. The summed E-state index contributed by atoms with van der Waals surface area (Å²) >= 11 is 6.46. The molecule has 0 aromatic heterocycles. The zero-order valence-corrected chi connectivity index (χ0v) is 10.5. The summed E-state index contributed by atoms with van der Waals surface area (Å²) in [5.41, 5.74) is 3.89. The topological polar surface area (TPSA) is 15.3 Å². The van der Waals surface area contributed by atoms with Crippen molar-refractivity contribution in [2.75, 3.05) is 18.0 Å². The van der Waals surface area contributed by atoms with Crippen LogP contribution in [0.3, 0.4) is 0 Å². The summed E-state index contributed by atoms with van der Waals surface area (Å²) in [5, 5.41) is 4.44. The van der Waals surface area contributed by atoms with Gasteiger partial charge in [0.25, 0.3) is 0 Å². The Balaban J connectivity index is 2.11. The first-order valence-electron chi connectivity index (χ1n) is 5.95. The quantitative estimate of drug-likeness (QED) is 0.744. The molecule has 2 atom stereocenters. The zero-order chi connectivity index (χ0) is 11.3. The first-order chi connectivity index (χ1) is 7.68. The summed E-state index contributed by atoms with van der Waals surface area (Å²) in [6, 6.07) is 5.51. The van der Waals surface area contributed by atoms with Gasteiger partial charge in [0.2, 0.25) is 0 Å². The van der Waals surface area contributed by atoms with Gasteiger partial charge in [0, 0.05) is 25.2 Å². The van der Waals surface area contributed by atoms with Gasteiger partial charge in [-0.25, -0.2) is 0 Å². The lowest BCUT2D eigenvalue weighted by molar-refractivity contribution is 0.430. The van der Waals surface area contributed by atoms with Crippen molar-refractivity contribution >= 4 is 17.3 Å². The maximum atomic E-state index is 6.46. The van der Waals surface area contributed by atoms with Crippen LogP contribution in [-0.2, 0) is 6.42 Å². The van der Waals surface area contributed by atoms with Gasteiger partial charge >= 0.3 is 0 Å². The molecule has 2 aliphatic heterocycles. The van der Waals surface area contributed by atoms with E-state index < -0.39 is 0 Å². The number of nitrogens with one attached hydrogen (secondary N) is 1. The molecule has 1 aromatic carbocycles. The van der Waals surface area contributed by atoms with Gasteiger partial charge in [0.05, 0.1) is 10.7 Å². The fourth-order valence-electron chi connectivity index (χ4n) is 2.99. The van der Waals surface area contributed by atoms with Crippen molar-refractivity contribution in [2.24, 2.45) is 0 Å². The maximum absolute atomic E-state index is 6.46. The molecule has 2 aliphatic rings. The summed E-state index contributed by atoms with van der Waals surface area (Å²) in [4.78, 5) is 2.52. The van der Waals surface area contributed by atoms with Crippen LogP contribution >= 0.6 is 11.6 Å². The van der Waals surface area contributed by atoms with E-state index in [4.69, 9.17) is 11.6 Å². The molecule has 86 valence electrons. The molecule has 1 fully saturated rings. The Hall–Kier alpha value is -0.730. The summed E-state index contributed by atoms with van der Waals surface area (Å²) < 4.78 is 0. The zero-order valence-electron chi connectivity index (χ0n) is 9.76. The molecule has 0 amide bonds. The average Bonchev–Trinajstić information content (AvgIpc) is 2.64. The number of hydrogen-bond acceptors (Lipinski definition) is 2. The van der Waals surface area contributed by atoms with Crippen molar-refractivity contribution < 1.29 is 0 Å². The highest BCUT2D eigenvalue weighted by molar-refractivity contribution is 6.34. The van der Waals surface area contributed by atoms with E-state index in [-0.39, 0.29) is 0 Å². The van der Waals surface area contributed by atoms with E-state index in [1.165, 1.54) is 16.8 Å². The molecular formula is C13H17ClN2. The van der Waals surface area contributed by atoms with E-state index >= 15 is 0 Å². The van der Waals surface area contributed by atoms with Crippen molar-refractivity contribution in [2.45, 2.75) is 32.4 Å². The molecule has 0 bridgehead atoms. The second kappa shape index (κ2) is 3.64.